The molecule has 0 fully saturated rings. The van der Waals surface area contributed by atoms with E-state index in [1.54, 1.807) is 0 Å². The van der Waals surface area contributed by atoms with Crippen molar-refractivity contribution in [2.24, 2.45) is 16.6 Å². The zero-order valence-corrected chi connectivity index (χ0v) is 15.9. The number of carbonyl (C=O) groups is 2. The van der Waals surface area contributed by atoms with Gasteiger partial charge in [-0.25, -0.2) is 0 Å². The molecule has 0 bridgehead atoms. The lowest BCUT2D eigenvalue weighted by atomic mass is 9.89. The topological polar surface area (TPSA) is 81.4 Å². The number of nitrogens with one attached hydrogen (secondary N) is 1. The second-order valence-electron chi connectivity index (χ2n) is 8.15. The van der Waals surface area contributed by atoms with Crippen LogP contribution >= 0.6 is 0 Å². The molecule has 5 heteroatoms. The largest absolute Gasteiger partial charge is 0.380 e. The number of hydrogen-bond donors (Lipinski definition) is 2. The molecule has 1 aromatic carbocycles. The molecular weight excluding hydrogens is 316 g/mol. The van der Waals surface area contributed by atoms with Crippen molar-refractivity contribution >= 4 is 17.9 Å². The molecule has 0 heterocycles. The second kappa shape index (κ2) is 9.68. The maximum Gasteiger partial charge on any atom is 0.224 e. The molecule has 0 spiro atoms. The third kappa shape index (κ3) is 8.79. The van der Waals surface area contributed by atoms with E-state index in [-0.39, 0.29) is 16.7 Å². The first-order chi connectivity index (χ1) is 11.7. The second-order valence-corrected chi connectivity index (χ2v) is 8.15. The lowest BCUT2D eigenvalue weighted by Crippen LogP contribution is -2.32. The van der Waals surface area contributed by atoms with Crippen molar-refractivity contribution in [2.45, 2.75) is 47.0 Å². The molecule has 0 unspecified atom stereocenters. The first kappa shape index (κ1) is 21.3. The van der Waals surface area contributed by atoms with E-state index in [0.717, 1.165) is 24.0 Å². The van der Waals surface area contributed by atoms with Crippen LogP contribution in [-0.4, -0.2) is 32.0 Å². The molecule has 140 valence electrons. The van der Waals surface area contributed by atoms with Gasteiger partial charge in [0.2, 0.25) is 5.91 Å². The van der Waals surface area contributed by atoms with Crippen LogP contribution in [0.3, 0.4) is 0 Å². The van der Waals surface area contributed by atoms with Gasteiger partial charge in [0.05, 0.1) is 13.2 Å². The Balaban J connectivity index is 2.44. The fourth-order valence-electron chi connectivity index (χ4n) is 2.33. The molecule has 1 rings (SSSR count). The van der Waals surface area contributed by atoms with E-state index in [9.17, 15) is 9.59 Å². The molecular formula is C20H32N2O3. The van der Waals surface area contributed by atoms with E-state index in [0.29, 0.717) is 32.6 Å². The van der Waals surface area contributed by atoms with Gasteiger partial charge in [0.15, 0.2) is 0 Å². The number of benzene rings is 1. The van der Waals surface area contributed by atoms with Crippen molar-refractivity contribution in [1.29, 1.82) is 0 Å². The van der Waals surface area contributed by atoms with Crippen LogP contribution in [0.15, 0.2) is 24.3 Å². The minimum absolute atomic E-state index is 0.0349. The summed E-state index contributed by atoms with van der Waals surface area (Å²) in [5.74, 6) is -0.0349. The Morgan fingerprint density at radius 1 is 1.12 bits per heavy atom. The number of nitrogens with two attached hydrogens (primary N) is 1. The van der Waals surface area contributed by atoms with Crippen molar-refractivity contribution in [3.63, 3.8) is 0 Å². The molecule has 0 saturated heterocycles. The fourth-order valence-corrected chi connectivity index (χ4v) is 2.33. The average molecular weight is 348 g/mol. The third-order valence-electron chi connectivity index (χ3n) is 3.97. The van der Waals surface area contributed by atoms with Gasteiger partial charge < -0.3 is 20.6 Å². The van der Waals surface area contributed by atoms with Crippen LogP contribution in [0.25, 0.3) is 0 Å². The van der Waals surface area contributed by atoms with Crippen molar-refractivity contribution in [1.82, 2.24) is 0 Å². The molecule has 5 nitrogen and oxygen atoms in total. The van der Waals surface area contributed by atoms with Crippen LogP contribution in [0.2, 0.25) is 0 Å². The lowest BCUT2D eigenvalue weighted by molar-refractivity contribution is -0.119. The standard InChI is InChI=1S/C20H32N2O3/c1-19(2,14-25-15-20(3,4)13-21)12-18(24)22-17-9-7-16(8-10-17)6-5-11-23/h7-11H,5-6,12-15,21H2,1-4H3,(H,22,24). The summed E-state index contributed by atoms with van der Waals surface area (Å²) in [6, 6.07) is 7.60. The van der Waals surface area contributed by atoms with Crippen LogP contribution in [0.1, 0.15) is 46.1 Å². The summed E-state index contributed by atoms with van der Waals surface area (Å²) in [6.45, 7) is 9.81. The Bertz CT molecular complexity index is 551. The molecule has 1 aromatic rings. The Morgan fingerprint density at radius 2 is 1.72 bits per heavy atom. The van der Waals surface area contributed by atoms with Gasteiger partial charge in [-0.3, -0.25) is 4.79 Å². The number of aryl methyl sites for hydroxylation is 1. The van der Waals surface area contributed by atoms with Gasteiger partial charge in [-0.1, -0.05) is 39.8 Å². The maximum atomic E-state index is 12.3. The molecule has 0 aliphatic rings. The van der Waals surface area contributed by atoms with Crippen LogP contribution in [0.4, 0.5) is 5.69 Å². The number of ether oxygens (including phenoxy) is 1. The Kier molecular flexibility index (Phi) is 8.26. The number of rotatable bonds is 11. The van der Waals surface area contributed by atoms with Crippen LogP contribution in [0.5, 0.6) is 0 Å². The van der Waals surface area contributed by atoms with Gasteiger partial charge in [0.25, 0.3) is 0 Å². The molecule has 0 radical (unpaired) electrons. The molecule has 0 atom stereocenters. The van der Waals surface area contributed by atoms with Gasteiger partial charge >= 0.3 is 0 Å². The quantitative estimate of drug-likeness (QED) is 0.602. The van der Waals surface area contributed by atoms with Crippen molar-refractivity contribution in [3.8, 4) is 0 Å². The van der Waals surface area contributed by atoms with E-state index in [2.05, 4.69) is 19.2 Å². The predicted molar refractivity (Wildman–Crippen MR) is 102 cm³/mol. The highest BCUT2D eigenvalue weighted by molar-refractivity contribution is 5.91. The van der Waals surface area contributed by atoms with Gasteiger partial charge in [0.1, 0.15) is 6.29 Å². The lowest BCUT2D eigenvalue weighted by Gasteiger charge is -2.28. The summed E-state index contributed by atoms with van der Waals surface area (Å²) in [5, 5.41) is 2.92. The van der Waals surface area contributed by atoms with Crippen molar-refractivity contribution in [3.05, 3.63) is 29.8 Å². The van der Waals surface area contributed by atoms with E-state index in [1.807, 2.05) is 38.1 Å². The first-order valence-corrected chi connectivity index (χ1v) is 8.78. The zero-order chi connectivity index (χ0) is 18.9. The maximum absolute atomic E-state index is 12.3. The molecule has 1 amide bonds. The summed E-state index contributed by atoms with van der Waals surface area (Å²) in [4.78, 5) is 22.7. The normalized spacial score (nSPS) is 12.0. The van der Waals surface area contributed by atoms with Crippen molar-refractivity contribution in [2.75, 3.05) is 25.1 Å². The minimum Gasteiger partial charge on any atom is -0.380 e. The first-order valence-electron chi connectivity index (χ1n) is 8.78. The van der Waals surface area contributed by atoms with E-state index >= 15 is 0 Å². The third-order valence-corrected chi connectivity index (χ3v) is 3.97. The highest BCUT2D eigenvalue weighted by Crippen LogP contribution is 2.23. The van der Waals surface area contributed by atoms with Crippen LogP contribution in [0, 0.1) is 10.8 Å². The monoisotopic (exact) mass is 348 g/mol. The minimum atomic E-state index is -0.251. The Hall–Kier alpha value is -1.72. The summed E-state index contributed by atoms with van der Waals surface area (Å²) in [5.41, 5.74) is 7.25. The Labute approximate surface area is 151 Å². The van der Waals surface area contributed by atoms with Gasteiger partial charge in [-0.15, -0.1) is 0 Å². The van der Waals surface area contributed by atoms with E-state index in [1.165, 1.54) is 0 Å². The Morgan fingerprint density at radius 3 is 2.28 bits per heavy atom. The average Bonchev–Trinajstić information content (AvgIpc) is 2.53. The number of amides is 1. The van der Waals surface area contributed by atoms with Gasteiger partial charge in [0, 0.05) is 23.9 Å². The summed E-state index contributed by atoms with van der Waals surface area (Å²) in [6.07, 6.45) is 2.53. The number of anilines is 1. The summed E-state index contributed by atoms with van der Waals surface area (Å²) < 4.78 is 5.77. The zero-order valence-electron chi connectivity index (χ0n) is 15.9. The summed E-state index contributed by atoms with van der Waals surface area (Å²) >= 11 is 0. The highest BCUT2D eigenvalue weighted by atomic mass is 16.5. The van der Waals surface area contributed by atoms with E-state index in [4.69, 9.17) is 10.5 Å². The number of carbonyl (C=O) groups excluding carboxylic acids is 2. The molecule has 3 N–H and O–H groups in total. The fraction of sp³-hybridized carbons (Fsp3) is 0.600. The SMILES string of the molecule is CC(C)(CN)COCC(C)(C)CC(=O)Nc1ccc(CCC=O)cc1. The van der Waals surface area contributed by atoms with Crippen LogP contribution in [-0.2, 0) is 20.7 Å². The molecule has 0 saturated carbocycles. The van der Waals surface area contributed by atoms with Crippen molar-refractivity contribution < 1.29 is 14.3 Å². The predicted octanol–water partition coefficient (Wildman–Crippen LogP) is 3.17. The summed E-state index contributed by atoms with van der Waals surface area (Å²) in [7, 11) is 0. The smallest absolute Gasteiger partial charge is 0.224 e. The molecule has 0 aromatic heterocycles. The van der Waals surface area contributed by atoms with Gasteiger partial charge in [-0.2, -0.15) is 0 Å². The van der Waals surface area contributed by atoms with Crippen LogP contribution < -0.4 is 11.1 Å². The number of aldehydes is 1. The van der Waals surface area contributed by atoms with Gasteiger partial charge in [-0.05, 0) is 36.1 Å². The van der Waals surface area contributed by atoms with E-state index < -0.39 is 0 Å². The number of hydrogen-bond acceptors (Lipinski definition) is 4. The molecule has 25 heavy (non-hydrogen) atoms. The highest BCUT2D eigenvalue weighted by Gasteiger charge is 2.24. The molecule has 0 aliphatic heterocycles. The molecule has 0 aliphatic carbocycles.